The van der Waals surface area contributed by atoms with E-state index in [9.17, 15) is 24.0 Å². The SMILES string of the molecule is CC(=O)OC(C(=O)C=C(C(=O)CCCOCCO)c1cccc(C)c1)C(C)C(=O)N1C(=O)OC(C)(C)C1C(C)C. The summed E-state index contributed by atoms with van der Waals surface area (Å²) in [6.45, 7) is 11.8. The molecule has 220 valence electrons. The molecule has 1 N–H and O–H groups in total. The third-order valence-electron chi connectivity index (χ3n) is 6.67. The van der Waals surface area contributed by atoms with Gasteiger partial charge < -0.3 is 19.3 Å². The molecular weight excluding hydrogens is 518 g/mol. The lowest BCUT2D eigenvalue weighted by Gasteiger charge is -2.33. The molecule has 1 aliphatic heterocycles. The minimum Gasteiger partial charge on any atom is -0.453 e. The van der Waals surface area contributed by atoms with Gasteiger partial charge in [0.1, 0.15) is 5.60 Å². The van der Waals surface area contributed by atoms with E-state index in [1.54, 1.807) is 32.0 Å². The molecule has 3 atom stereocenters. The van der Waals surface area contributed by atoms with Crippen molar-refractivity contribution in [1.29, 1.82) is 0 Å². The second kappa shape index (κ2) is 14.3. The minimum absolute atomic E-state index is 0.0654. The number of ketones is 2. The fourth-order valence-electron chi connectivity index (χ4n) is 5.02. The van der Waals surface area contributed by atoms with Crippen LogP contribution in [0.4, 0.5) is 4.79 Å². The molecular formula is C30H41NO9. The van der Waals surface area contributed by atoms with Crippen molar-refractivity contribution in [2.45, 2.75) is 79.1 Å². The predicted octanol–water partition coefficient (Wildman–Crippen LogP) is 3.66. The summed E-state index contributed by atoms with van der Waals surface area (Å²) in [4.78, 5) is 66.2. The van der Waals surface area contributed by atoms with Gasteiger partial charge in [0, 0.05) is 25.5 Å². The van der Waals surface area contributed by atoms with E-state index in [0.29, 0.717) is 12.0 Å². The van der Waals surface area contributed by atoms with E-state index < -0.39 is 47.4 Å². The number of aryl methyl sites for hydroxylation is 1. The molecule has 10 heteroatoms. The summed E-state index contributed by atoms with van der Waals surface area (Å²) in [7, 11) is 0. The van der Waals surface area contributed by atoms with E-state index >= 15 is 0 Å². The fourth-order valence-corrected chi connectivity index (χ4v) is 5.02. The van der Waals surface area contributed by atoms with Crippen LogP contribution in [0.1, 0.15) is 65.5 Å². The first-order chi connectivity index (χ1) is 18.7. The molecule has 2 rings (SSSR count). The molecule has 0 spiro atoms. The zero-order valence-corrected chi connectivity index (χ0v) is 24.4. The van der Waals surface area contributed by atoms with E-state index in [1.807, 2.05) is 26.8 Å². The van der Waals surface area contributed by atoms with Gasteiger partial charge >= 0.3 is 12.1 Å². The van der Waals surface area contributed by atoms with Gasteiger partial charge in [-0.2, -0.15) is 0 Å². The number of cyclic esters (lactones) is 1. The molecule has 3 unspecified atom stereocenters. The zero-order valence-electron chi connectivity index (χ0n) is 24.4. The summed E-state index contributed by atoms with van der Waals surface area (Å²) in [5.74, 6) is -3.99. The zero-order chi connectivity index (χ0) is 30.2. The third-order valence-corrected chi connectivity index (χ3v) is 6.67. The Morgan fingerprint density at radius 1 is 1.15 bits per heavy atom. The number of ether oxygens (including phenoxy) is 3. The highest BCUT2D eigenvalue weighted by molar-refractivity contribution is 6.25. The molecule has 0 radical (unpaired) electrons. The van der Waals surface area contributed by atoms with Gasteiger partial charge in [0.05, 0.1) is 25.2 Å². The molecule has 0 bridgehead atoms. The second-order valence-corrected chi connectivity index (χ2v) is 10.9. The Morgan fingerprint density at radius 3 is 2.40 bits per heavy atom. The van der Waals surface area contributed by atoms with Crippen molar-refractivity contribution in [2.24, 2.45) is 11.8 Å². The summed E-state index contributed by atoms with van der Waals surface area (Å²) >= 11 is 0. The molecule has 1 heterocycles. The number of hydrogen-bond acceptors (Lipinski definition) is 9. The summed E-state index contributed by atoms with van der Waals surface area (Å²) in [6.07, 6.45) is -0.869. The maximum absolute atomic E-state index is 13.6. The van der Waals surface area contributed by atoms with E-state index in [4.69, 9.17) is 19.3 Å². The van der Waals surface area contributed by atoms with Crippen LogP contribution in [0.15, 0.2) is 30.3 Å². The van der Waals surface area contributed by atoms with Crippen LogP contribution in [-0.4, -0.2) is 77.1 Å². The van der Waals surface area contributed by atoms with Crippen LogP contribution in [0.5, 0.6) is 0 Å². The molecule has 1 aromatic rings. The monoisotopic (exact) mass is 559 g/mol. The first-order valence-corrected chi connectivity index (χ1v) is 13.5. The number of nitrogens with zero attached hydrogens (tertiary/aromatic N) is 1. The van der Waals surface area contributed by atoms with E-state index in [2.05, 4.69) is 0 Å². The van der Waals surface area contributed by atoms with Gasteiger partial charge in [-0.25, -0.2) is 9.69 Å². The Hall–Kier alpha value is -3.37. The molecule has 1 aliphatic rings. The highest BCUT2D eigenvalue weighted by Crippen LogP contribution is 2.35. The first kappa shape index (κ1) is 32.8. The van der Waals surface area contributed by atoms with Crippen LogP contribution in [0.2, 0.25) is 0 Å². The number of allylic oxidation sites excluding steroid dienone is 1. The maximum Gasteiger partial charge on any atom is 0.417 e. The summed E-state index contributed by atoms with van der Waals surface area (Å²) in [6, 6.07) is 6.45. The number of aliphatic hydroxyl groups is 1. The lowest BCUT2D eigenvalue weighted by molar-refractivity contribution is -0.158. The lowest BCUT2D eigenvalue weighted by atomic mass is 9.87. The number of imide groups is 1. The van der Waals surface area contributed by atoms with Gasteiger partial charge in [-0.05, 0) is 51.7 Å². The fraction of sp³-hybridized carbons (Fsp3) is 0.567. The minimum atomic E-state index is -1.57. The summed E-state index contributed by atoms with van der Waals surface area (Å²) in [5, 5.41) is 8.86. The van der Waals surface area contributed by atoms with Gasteiger partial charge in [-0.3, -0.25) is 19.2 Å². The number of hydrogen-bond donors (Lipinski definition) is 1. The predicted molar refractivity (Wildman–Crippen MR) is 147 cm³/mol. The first-order valence-electron chi connectivity index (χ1n) is 13.5. The number of carbonyl (C=O) groups is 5. The summed E-state index contributed by atoms with van der Waals surface area (Å²) < 4.78 is 16.0. The molecule has 1 fully saturated rings. The van der Waals surface area contributed by atoms with Crippen LogP contribution >= 0.6 is 0 Å². The Labute approximate surface area is 235 Å². The number of benzene rings is 1. The average molecular weight is 560 g/mol. The van der Waals surface area contributed by atoms with E-state index in [0.717, 1.165) is 23.5 Å². The molecule has 2 amide bonds. The summed E-state index contributed by atoms with van der Waals surface area (Å²) in [5.41, 5.74) is 0.520. The molecule has 40 heavy (non-hydrogen) atoms. The van der Waals surface area contributed by atoms with Crippen LogP contribution in [-0.2, 0) is 33.4 Å². The standard InChI is InChI=1S/C30H41NO9/c1-18(2)27-30(6,7)40-29(37)31(27)28(36)20(4)26(39-21(5)33)25(35)17-23(22-11-8-10-19(3)16-22)24(34)12-9-14-38-15-13-32/h8,10-11,16-18,20,26-27,32H,9,12-15H2,1-7H3. The van der Waals surface area contributed by atoms with Crippen molar-refractivity contribution >= 4 is 35.1 Å². The highest BCUT2D eigenvalue weighted by Gasteiger charge is 2.53. The van der Waals surface area contributed by atoms with Crippen molar-refractivity contribution in [3.63, 3.8) is 0 Å². The Kier molecular flexibility index (Phi) is 11.8. The number of esters is 1. The third kappa shape index (κ3) is 8.32. The number of carbonyl (C=O) groups excluding carboxylic acids is 5. The van der Waals surface area contributed by atoms with Gasteiger partial charge in [0.2, 0.25) is 5.91 Å². The quantitative estimate of drug-likeness (QED) is 0.206. The van der Waals surface area contributed by atoms with Crippen molar-refractivity contribution in [1.82, 2.24) is 4.90 Å². The smallest absolute Gasteiger partial charge is 0.417 e. The molecule has 0 aromatic heterocycles. The van der Waals surface area contributed by atoms with Crippen molar-refractivity contribution < 1.29 is 43.3 Å². The largest absolute Gasteiger partial charge is 0.453 e. The molecule has 1 aromatic carbocycles. The Balaban J connectivity index is 2.43. The topological polar surface area (TPSA) is 137 Å². The lowest BCUT2D eigenvalue weighted by Crippen LogP contribution is -2.52. The van der Waals surface area contributed by atoms with Crippen LogP contribution in [0.3, 0.4) is 0 Å². The van der Waals surface area contributed by atoms with Crippen molar-refractivity contribution in [3.05, 3.63) is 41.5 Å². The highest BCUT2D eigenvalue weighted by atomic mass is 16.6. The maximum atomic E-state index is 13.6. The van der Waals surface area contributed by atoms with Gasteiger partial charge in [-0.15, -0.1) is 0 Å². The van der Waals surface area contributed by atoms with Crippen LogP contribution in [0, 0.1) is 18.8 Å². The van der Waals surface area contributed by atoms with Gasteiger partial charge in [0.15, 0.2) is 17.7 Å². The van der Waals surface area contributed by atoms with Crippen LogP contribution < -0.4 is 0 Å². The van der Waals surface area contributed by atoms with E-state index in [1.165, 1.54) is 6.92 Å². The molecule has 0 saturated carbocycles. The number of rotatable bonds is 14. The van der Waals surface area contributed by atoms with E-state index in [-0.39, 0.29) is 43.5 Å². The molecule has 10 nitrogen and oxygen atoms in total. The van der Waals surface area contributed by atoms with Crippen molar-refractivity contribution in [2.75, 3.05) is 19.8 Å². The van der Waals surface area contributed by atoms with Crippen molar-refractivity contribution in [3.8, 4) is 0 Å². The van der Waals surface area contributed by atoms with Gasteiger partial charge in [0.25, 0.3) is 0 Å². The Bertz CT molecular complexity index is 1140. The number of Topliss-reactive ketones (excluding diaryl/α,β-unsaturated/α-hetero) is 1. The van der Waals surface area contributed by atoms with Crippen LogP contribution in [0.25, 0.3) is 5.57 Å². The number of aliphatic hydroxyl groups excluding tert-OH is 1. The Morgan fingerprint density at radius 2 is 1.82 bits per heavy atom. The number of amides is 2. The average Bonchev–Trinajstić information content (AvgIpc) is 3.12. The molecule has 1 saturated heterocycles. The van der Waals surface area contributed by atoms with Gasteiger partial charge in [-0.1, -0.05) is 43.7 Å². The normalized spacial score (nSPS) is 18.3. The second-order valence-electron chi connectivity index (χ2n) is 10.9. The molecule has 0 aliphatic carbocycles.